The van der Waals surface area contributed by atoms with Gasteiger partial charge in [-0.25, -0.2) is 0 Å². The first kappa shape index (κ1) is 8.21. The number of hydrogen-bond donors (Lipinski definition) is 1. The quantitative estimate of drug-likeness (QED) is 0.691. The van der Waals surface area contributed by atoms with Crippen LogP contribution in [0.2, 0.25) is 5.02 Å². The summed E-state index contributed by atoms with van der Waals surface area (Å²) >= 11 is 5.78. The van der Waals surface area contributed by atoms with E-state index in [1.54, 1.807) is 18.2 Å². The number of hydrogen-bond acceptors (Lipinski definition) is 2. The topological polar surface area (TPSA) is 35.2 Å². The highest BCUT2D eigenvalue weighted by Gasteiger charge is 1.99. The standard InChI is InChI=1S/C8H9ClNO/c1-2-11-8-4-3-6(10)5-7(8)9/h3-5H,1-2,10H2. The van der Waals surface area contributed by atoms with Crippen LogP contribution in [-0.2, 0) is 0 Å². The maximum atomic E-state index is 5.78. The van der Waals surface area contributed by atoms with E-state index in [9.17, 15) is 0 Å². The second-order valence-corrected chi connectivity index (χ2v) is 2.45. The number of halogens is 1. The molecule has 59 valence electrons. The average molecular weight is 171 g/mol. The third-order valence-electron chi connectivity index (χ3n) is 1.21. The zero-order chi connectivity index (χ0) is 8.27. The Morgan fingerprint density at radius 2 is 2.27 bits per heavy atom. The second-order valence-electron chi connectivity index (χ2n) is 2.04. The van der Waals surface area contributed by atoms with Crippen LogP contribution in [0.1, 0.15) is 0 Å². The van der Waals surface area contributed by atoms with E-state index >= 15 is 0 Å². The van der Waals surface area contributed by atoms with Crippen LogP contribution in [0.4, 0.5) is 5.69 Å². The molecule has 1 aromatic rings. The predicted octanol–water partition coefficient (Wildman–Crippen LogP) is 2.14. The number of ether oxygens (including phenoxy) is 1. The molecular weight excluding hydrogens is 162 g/mol. The van der Waals surface area contributed by atoms with E-state index in [4.69, 9.17) is 22.1 Å². The Balaban J connectivity index is 2.90. The number of rotatable bonds is 2. The van der Waals surface area contributed by atoms with Gasteiger partial charge in [0, 0.05) is 5.69 Å². The minimum Gasteiger partial charge on any atom is -0.492 e. The van der Waals surface area contributed by atoms with Crippen molar-refractivity contribution < 1.29 is 4.74 Å². The summed E-state index contributed by atoms with van der Waals surface area (Å²) in [6, 6.07) is 5.10. The van der Waals surface area contributed by atoms with Gasteiger partial charge in [-0.3, -0.25) is 0 Å². The van der Waals surface area contributed by atoms with Gasteiger partial charge in [0.15, 0.2) is 0 Å². The van der Waals surface area contributed by atoms with Crippen molar-refractivity contribution in [3.8, 4) is 5.75 Å². The van der Waals surface area contributed by atoms with Gasteiger partial charge in [-0.05, 0) is 25.1 Å². The van der Waals surface area contributed by atoms with Crippen molar-refractivity contribution in [1.82, 2.24) is 0 Å². The van der Waals surface area contributed by atoms with Crippen LogP contribution in [0.3, 0.4) is 0 Å². The van der Waals surface area contributed by atoms with Crippen LogP contribution in [0.5, 0.6) is 5.75 Å². The molecule has 0 saturated carbocycles. The SMILES string of the molecule is [CH2]COc1ccc(N)cc1Cl. The average Bonchev–Trinajstić information content (AvgIpc) is 1.95. The Labute approximate surface area is 70.9 Å². The molecule has 0 unspecified atom stereocenters. The molecule has 0 heterocycles. The summed E-state index contributed by atoms with van der Waals surface area (Å²) in [6.45, 7) is 3.90. The molecule has 2 nitrogen and oxygen atoms in total. The lowest BCUT2D eigenvalue weighted by Gasteiger charge is -2.04. The molecule has 0 aliphatic carbocycles. The zero-order valence-electron chi connectivity index (χ0n) is 6.01. The van der Waals surface area contributed by atoms with Gasteiger partial charge in [-0.15, -0.1) is 0 Å². The van der Waals surface area contributed by atoms with E-state index in [1.807, 2.05) is 0 Å². The fraction of sp³-hybridized carbons (Fsp3) is 0.125. The van der Waals surface area contributed by atoms with Crippen LogP contribution >= 0.6 is 11.6 Å². The molecule has 0 aliphatic heterocycles. The second kappa shape index (κ2) is 3.49. The molecule has 1 aromatic carbocycles. The number of nitrogens with two attached hydrogens (primary N) is 1. The number of nitrogen functional groups attached to an aromatic ring is 1. The van der Waals surface area contributed by atoms with Crippen molar-refractivity contribution in [1.29, 1.82) is 0 Å². The van der Waals surface area contributed by atoms with Gasteiger partial charge in [0.05, 0.1) is 11.6 Å². The summed E-state index contributed by atoms with van der Waals surface area (Å²) in [7, 11) is 0. The lowest BCUT2D eigenvalue weighted by molar-refractivity contribution is 0.361. The lowest BCUT2D eigenvalue weighted by atomic mass is 10.3. The van der Waals surface area contributed by atoms with Gasteiger partial charge < -0.3 is 10.5 Å². The fourth-order valence-corrected chi connectivity index (χ4v) is 0.988. The Morgan fingerprint density at radius 3 is 2.82 bits per heavy atom. The Bertz CT molecular complexity index is 250. The number of anilines is 1. The molecule has 0 saturated heterocycles. The molecule has 11 heavy (non-hydrogen) atoms. The summed E-state index contributed by atoms with van der Waals surface area (Å²) in [4.78, 5) is 0. The Morgan fingerprint density at radius 1 is 1.55 bits per heavy atom. The normalized spacial score (nSPS) is 9.64. The smallest absolute Gasteiger partial charge is 0.138 e. The summed E-state index contributed by atoms with van der Waals surface area (Å²) in [6.07, 6.45) is 0. The first-order chi connectivity index (χ1) is 5.24. The molecule has 0 fully saturated rings. The van der Waals surface area contributed by atoms with Crippen molar-refractivity contribution >= 4 is 17.3 Å². The first-order valence-corrected chi connectivity index (χ1v) is 3.59. The summed E-state index contributed by atoms with van der Waals surface area (Å²) in [5.41, 5.74) is 6.10. The van der Waals surface area contributed by atoms with E-state index in [0.29, 0.717) is 23.1 Å². The molecule has 0 aromatic heterocycles. The van der Waals surface area contributed by atoms with Crippen LogP contribution in [0.15, 0.2) is 18.2 Å². The lowest BCUT2D eigenvalue weighted by Crippen LogP contribution is -1.93. The van der Waals surface area contributed by atoms with Crippen LogP contribution in [0, 0.1) is 6.92 Å². The molecular formula is C8H9ClNO. The highest BCUT2D eigenvalue weighted by Crippen LogP contribution is 2.25. The van der Waals surface area contributed by atoms with Gasteiger partial charge in [-0.2, -0.15) is 0 Å². The van der Waals surface area contributed by atoms with Crippen molar-refractivity contribution in [2.45, 2.75) is 0 Å². The molecule has 0 bridgehead atoms. The third kappa shape index (κ3) is 2.02. The van der Waals surface area contributed by atoms with Crippen LogP contribution in [-0.4, -0.2) is 6.61 Å². The monoisotopic (exact) mass is 170 g/mol. The molecule has 2 N–H and O–H groups in total. The molecule has 0 atom stereocenters. The zero-order valence-corrected chi connectivity index (χ0v) is 6.77. The molecule has 0 amide bonds. The van der Waals surface area contributed by atoms with Crippen molar-refractivity contribution in [2.75, 3.05) is 12.3 Å². The van der Waals surface area contributed by atoms with Crippen LogP contribution < -0.4 is 10.5 Å². The highest BCUT2D eigenvalue weighted by molar-refractivity contribution is 6.32. The molecule has 0 spiro atoms. The Hall–Kier alpha value is -0.890. The van der Waals surface area contributed by atoms with Crippen molar-refractivity contribution in [3.05, 3.63) is 30.1 Å². The van der Waals surface area contributed by atoms with Crippen molar-refractivity contribution in [2.24, 2.45) is 0 Å². The Kier molecular flexibility index (Phi) is 2.60. The summed E-state index contributed by atoms with van der Waals surface area (Å²) < 4.78 is 5.09. The minimum absolute atomic E-state index is 0.365. The van der Waals surface area contributed by atoms with E-state index in [0.717, 1.165) is 0 Å². The summed E-state index contributed by atoms with van der Waals surface area (Å²) in [5.74, 6) is 0.621. The van der Waals surface area contributed by atoms with Gasteiger partial charge in [0.25, 0.3) is 0 Å². The molecule has 0 aliphatic rings. The van der Waals surface area contributed by atoms with E-state index in [-0.39, 0.29) is 0 Å². The van der Waals surface area contributed by atoms with E-state index in [1.165, 1.54) is 0 Å². The minimum atomic E-state index is 0.365. The molecule has 1 radical (unpaired) electrons. The first-order valence-electron chi connectivity index (χ1n) is 3.21. The summed E-state index contributed by atoms with van der Waals surface area (Å²) in [5, 5.41) is 0.522. The van der Waals surface area contributed by atoms with E-state index in [2.05, 4.69) is 6.92 Å². The number of benzene rings is 1. The largest absolute Gasteiger partial charge is 0.492 e. The fourth-order valence-electron chi connectivity index (χ4n) is 0.744. The maximum absolute atomic E-state index is 5.78. The van der Waals surface area contributed by atoms with Crippen LogP contribution in [0.25, 0.3) is 0 Å². The van der Waals surface area contributed by atoms with Gasteiger partial charge in [0.1, 0.15) is 5.75 Å². The third-order valence-corrected chi connectivity index (χ3v) is 1.51. The van der Waals surface area contributed by atoms with Gasteiger partial charge in [-0.1, -0.05) is 11.6 Å². The molecule has 3 heteroatoms. The maximum Gasteiger partial charge on any atom is 0.138 e. The van der Waals surface area contributed by atoms with E-state index < -0.39 is 0 Å². The van der Waals surface area contributed by atoms with Crippen molar-refractivity contribution in [3.63, 3.8) is 0 Å². The van der Waals surface area contributed by atoms with Gasteiger partial charge in [0.2, 0.25) is 0 Å². The van der Waals surface area contributed by atoms with Gasteiger partial charge >= 0.3 is 0 Å². The highest BCUT2D eigenvalue weighted by atomic mass is 35.5. The molecule has 1 rings (SSSR count). The predicted molar refractivity (Wildman–Crippen MR) is 46.7 cm³/mol.